The van der Waals surface area contributed by atoms with Crippen molar-refractivity contribution in [2.75, 3.05) is 0 Å². The quantitative estimate of drug-likeness (QED) is 0.632. The largest absolute Gasteiger partial charge is 0.544 e. The average Bonchev–Trinajstić information content (AvgIpc) is 2.56. The molecule has 1 aromatic rings. The minimum Gasteiger partial charge on any atom is -0.544 e. The number of carbonyl (C=O) groups is 1. The van der Waals surface area contributed by atoms with Gasteiger partial charge in [0.2, 0.25) is 8.32 Å². The van der Waals surface area contributed by atoms with Crippen LogP contribution in [0.5, 0.6) is 5.75 Å². The van der Waals surface area contributed by atoms with Crippen molar-refractivity contribution in [3.05, 3.63) is 23.8 Å². The molecule has 1 aliphatic heterocycles. The van der Waals surface area contributed by atoms with Gasteiger partial charge in [0.25, 0.3) is 0 Å². The van der Waals surface area contributed by atoms with Crippen molar-refractivity contribution in [2.24, 2.45) is 0 Å². The van der Waals surface area contributed by atoms with E-state index in [-0.39, 0.29) is 0 Å². The van der Waals surface area contributed by atoms with Gasteiger partial charge >= 0.3 is 7.12 Å². The van der Waals surface area contributed by atoms with Crippen LogP contribution in [0.25, 0.3) is 0 Å². The lowest BCUT2D eigenvalue weighted by Crippen LogP contribution is -2.41. The Morgan fingerprint density at radius 2 is 1.64 bits per heavy atom. The first kappa shape index (κ1) is 17.2. The molecule has 0 N–H and O–H groups in total. The lowest BCUT2D eigenvalue weighted by Gasteiger charge is -2.32. The summed E-state index contributed by atoms with van der Waals surface area (Å²) in [7, 11) is -2.37. The Hall–Kier alpha value is -1.11. The summed E-state index contributed by atoms with van der Waals surface area (Å²) in [4.78, 5) is 11.6. The predicted molar refractivity (Wildman–Crippen MR) is 91.5 cm³/mol. The molecule has 0 atom stereocenters. The summed E-state index contributed by atoms with van der Waals surface area (Å²) in [6, 6.07) is 5.57. The van der Waals surface area contributed by atoms with Crippen LogP contribution < -0.4 is 9.89 Å². The van der Waals surface area contributed by atoms with Crippen LogP contribution in [0.4, 0.5) is 0 Å². The maximum atomic E-state index is 11.6. The van der Waals surface area contributed by atoms with Gasteiger partial charge in [-0.2, -0.15) is 0 Å². The van der Waals surface area contributed by atoms with Gasteiger partial charge in [0.05, 0.1) is 16.8 Å². The van der Waals surface area contributed by atoms with Gasteiger partial charge < -0.3 is 13.7 Å². The maximum absolute atomic E-state index is 11.6. The molecule has 0 bridgehead atoms. The molecular weight excluding hydrogens is 295 g/mol. The van der Waals surface area contributed by atoms with Crippen LogP contribution in [-0.2, 0) is 9.31 Å². The van der Waals surface area contributed by atoms with Crippen molar-refractivity contribution in [3.63, 3.8) is 0 Å². The number of hydrogen-bond acceptors (Lipinski definition) is 4. The monoisotopic (exact) mass is 320 g/mol. The molecule has 0 amide bonds. The van der Waals surface area contributed by atoms with Crippen molar-refractivity contribution >= 4 is 27.2 Å². The molecule has 0 aliphatic carbocycles. The van der Waals surface area contributed by atoms with E-state index in [1.165, 1.54) is 0 Å². The van der Waals surface area contributed by atoms with E-state index < -0.39 is 26.6 Å². The minimum atomic E-state index is -1.81. The third kappa shape index (κ3) is 3.29. The lowest BCUT2D eigenvalue weighted by atomic mass is 9.76. The molecule has 22 heavy (non-hydrogen) atoms. The minimum absolute atomic E-state index is 0.437. The third-order valence-electron chi connectivity index (χ3n) is 4.14. The zero-order chi connectivity index (χ0) is 16.8. The Morgan fingerprint density at radius 1 is 1.09 bits per heavy atom. The van der Waals surface area contributed by atoms with Gasteiger partial charge in [-0.1, -0.05) is 12.1 Å². The van der Waals surface area contributed by atoms with E-state index in [0.29, 0.717) is 11.3 Å². The highest BCUT2D eigenvalue weighted by atomic mass is 28.4. The van der Waals surface area contributed by atoms with Crippen LogP contribution in [0.15, 0.2) is 18.2 Å². The highest BCUT2D eigenvalue weighted by Gasteiger charge is 2.52. The van der Waals surface area contributed by atoms with Crippen molar-refractivity contribution in [1.82, 2.24) is 0 Å². The molecule has 2 rings (SSSR count). The zero-order valence-electron chi connectivity index (χ0n) is 14.5. The van der Waals surface area contributed by atoms with Gasteiger partial charge in [-0.25, -0.2) is 0 Å². The Bertz CT molecular complexity index is 562. The second-order valence-electron chi connectivity index (χ2n) is 7.68. The SMILES string of the molecule is CC1(C)OB(c2cccc(O[Si](C)(C)C)c2C=O)OC1(C)C. The van der Waals surface area contributed by atoms with Gasteiger partial charge in [0.15, 0.2) is 6.29 Å². The summed E-state index contributed by atoms with van der Waals surface area (Å²) < 4.78 is 18.1. The van der Waals surface area contributed by atoms with Gasteiger partial charge in [0, 0.05) is 0 Å². The van der Waals surface area contributed by atoms with E-state index in [1.54, 1.807) is 0 Å². The van der Waals surface area contributed by atoms with E-state index in [2.05, 4.69) is 19.6 Å². The molecule has 120 valence electrons. The highest BCUT2D eigenvalue weighted by molar-refractivity contribution is 6.70. The van der Waals surface area contributed by atoms with Crippen molar-refractivity contribution in [1.29, 1.82) is 0 Å². The molecule has 4 nitrogen and oxygen atoms in total. The van der Waals surface area contributed by atoms with Crippen molar-refractivity contribution in [2.45, 2.75) is 58.5 Å². The number of benzene rings is 1. The zero-order valence-corrected chi connectivity index (χ0v) is 15.5. The fourth-order valence-corrected chi connectivity index (χ4v) is 3.12. The molecule has 0 aromatic heterocycles. The number of rotatable bonds is 4. The second kappa shape index (κ2) is 5.51. The summed E-state index contributed by atoms with van der Waals surface area (Å²) in [6.07, 6.45) is 0.829. The molecule has 0 radical (unpaired) electrons. The molecular formula is C16H25BO4Si. The molecule has 1 aliphatic rings. The average molecular weight is 320 g/mol. The van der Waals surface area contributed by atoms with E-state index in [4.69, 9.17) is 13.7 Å². The number of carbonyl (C=O) groups excluding carboxylic acids is 1. The Balaban J connectivity index is 2.41. The summed E-state index contributed by atoms with van der Waals surface area (Å²) >= 11 is 0. The van der Waals surface area contributed by atoms with Crippen molar-refractivity contribution < 1.29 is 18.5 Å². The normalized spacial score (nSPS) is 20.0. The van der Waals surface area contributed by atoms with Crippen LogP contribution in [0.3, 0.4) is 0 Å². The molecule has 1 aromatic carbocycles. The molecule has 0 spiro atoms. The van der Waals surface area contributed by atoms with E-state index in [1.807, 2.05) is 45.9 Å². The van der Waals surface area contributed by atoms with Gasteiger partial charge in [-0.3, -0.25) is 4.79 Å². The Labute approximate surface area is 134 Å². The van der Waals surface area contributed by atoms with E-state index in [0.717, 1.165) is 11.7 Å². The van der Waals surface area contributed by atoms with Gasteiger partial charge in [-0.05, 0) is 58.9 Å². The summed E-state index contributed by atoms with van der Waals surface area (Å²) in [5, 5.41) is 0. The van der Waals surface area contributed by atoms with Gasteiger partial charge in [0.1, 0.15) is 5.75 Å². The molecule has 1 saturated heterocycles. The first-order valence-corrected chi connectivity index (χ1v) is 11.0. The first-order valence-electron chi connectivity index (χ1n) is 7.59. The fourth-order valence-electron chi connectivity index (χ4n) is 2.28. The van der Waals surface area contributed by atoms with Crippen LogP contribution in [0.1, 0.15) is 38.1 Å². The number of aldehydes is 1. The molecule has 1 fully saturated rings. The molecule has 6 heteroatoms. The second-order valence-corrected chi connectivity index (χ2v) is 12.1. The van der Waals surface area contributed by atoms with Crippen LogP contribution in [0, 0.1) is 0 Å². The predicted octanol–water partition coefficient (Wildman–Crippen LogP) is 3.01. The topological polar surface area (TPSA) is 44.8 Å². The van der Waals surface area contributed by atoms with Crippen molar-refractivity contribution in [3.8, 4) is 5.75 Å². The standard InChI is InChI=1S/C16H25BO4Si/c1-15(2)16(3,4)21-17(20-15)13-9-8-10-14(12(13)11-18)19-22(5,6)7/h8-11H,1-7H3. The Kier molecular flexibility index (Phi) is 4.32. The summed E-state index contributed by atoms with van der Waals surface area (Å²) in [6.45, 7) is 14.2. The lowest BCUT2D eigenvalue weighted by molar-refractivity contribution is 0.00578. The molecule has 0 unspecified atom stereocenters. The van der Waals surface area contributed by atoms with Crippen LogP contribution >= 0.6 is 0 Å². The van der Waals surface area contributed by atoms with Crippen LogP contribution in [0.2, 0.25) is 19.6 Å². The highest BCUT2D eigenvalue weighted by Crippen LogP contribution is 2.37. The molecule has 1 heterocycles. The summed E-state index contributed by atoms with van der Waals surface area (Å²) in [5.41, 5.74) is 0.369. The maximum Gasteiger partial charge on any atom is 0.495 e. The van der Waals surface area contributed by atoms with E-state index >= 15 is 0 Å². The van der Waals surface area contributed by atoms with Gasteiger partial charge in [-0.15, -0.1) is 0 Å². The fraction of sp³-hybridized carbons (Fsp3) is 0.562. The number of hydrogen-bond donors (Lipinski definition) is 0. The first-order chi connectivity index (χ1) is 9.97. The smallest absolute Gasteiger partial charge is 0.495 e. The summed E-state index contributed by atoms with van der Waals surface area (Å²) in [5.74, 6) is 0.612. The van der Waals surface area contributed by atoms with Crippen LogP contribution in [-0.4, -0.2) is 32.9 Å². The molecule has 0 saturated carbocycles. The third-order valence-corrected chi connectivity index (χ3v) is 4.97. The van der Waals surface area contributed by atoms with E-state index in [9.17, 15) is 4.79 Å². The Morgan fingerprint density at radius 3 is 2.09 bits per heavy atom.